The Morgan fingerprint density at radius 1 is 1.21 bits per heavy atom. The molecule has 0 radical (unpaired) electrons. The number of ether oxygens (including phenoxy) is 1. The number of carboxylic acids is 1. The molecule has 1 saturated carbocycles. The lowest BCUT2D eigenvalue weighted by atomic mass is 10.1. The zero-order chi connectivity index (χ0) is 14.6. The molecule has 3 N–H and O–H groups in total. The molecule has 1 aliphatic rings. The standard InChI is InChI=1S/C12H20N2O5/c1-12(2)8(9(12)11(17)18)10(16)14-6-7(15)13-4-5-19-3/h8-9H,4-6H2,1-3H3,(H,13,15)(H,14,16)(H,17,18). The Kier molecular flexibility index (Phi) is 4.88. The molecule has 19 heavy (non-hydrogen) atoms. The van der Waals surface area contributed by atoms with Crippen molar-refractivity contribution in [2.24, 2.45) is 17.3 Å². The second kappa shape index (κ2) is 6.01. The van der Waals surface area contributed by atoms with E-state index in [1.54, 1.807) is 13.8 Å². The van der Waals surface area contributed by atoms with Crippen molar-refractivity contribution >= 4 is 17.8 Å². The van der Waals surface area contributed by atoms with Gasteiger partial charge in [-0.25, -0.2) is 0 Å². The van der Waals surface area contributed by atoms with Gasteiger partial charge < -0.3 is 20.5 Å². The lowest BCUT2D eigenvalue weighted by Gasteiger charge is -2.07. The maximum absolute atomic E-state index is 11.8. The van der Waals surface area contributed by atoms with Gasteiger partial charge in [0.2, 0.25) is 11.8 Å². The van der Waals surface area contributed by atoms with Gasteiger partial charge in [-0.15, -0.1) is 0 Å². The van der Waals surface area contributed by atoms with Crippen LogP contribution < -0.4 is 10.6 Å². The van der Waals surface area contributed by atoms with Crippen LogP contribution in [0.4, 0.5) is 0 Å². The van der Waals surface area contributed by atoms with Crippen molar-refractivity contribution in [2.45, 2.75) is 13.8 Å². The molecule has 0 heterocycles. The molecular formula is C12H20N2O5. The topological polar surface area (TPSA) is 105 Å². The van der Waals surface area contributed by atoms with Crippen molar-refractivity contribution in [3.63, 3.8) is 0 Å². The molecule has 7 nitrogen and oxygen atoms in total. The zero-order valence-electron chi connectivity index (χ0n) is 11.4. The summed E-state index contributed by atoms with van der Waals surface area (Å²) >= 11 is 0. The Bertz CT molecular complexity index is 380. The van der Waals surface area contributed by atoms with E-state index in [4.69, 9.17) is 9.84 Å². The van der Waals surface area contributed by atoms with E-state index in [0.717, 1.165) is 0 Å². The van der Waals surface area contributed by atoms with Gasteiger partial charge in [-0.1, -0.05) is 13.8 Å². The highest BCUT2D eigenvalue weighted by Gasteiger charge is 2.65. The van der Waals surface area contributed by atoms with Crippen LogP contribution in [0, 0.1) is 17.3 Å². The van der Waals surface area contributed by atoms with Gasteiger partial charge in [-0.05, 0) is 5.41 Å². The van der Waals surface area contributed by atoms with E-state index >= 15 is 0 Å². The highest BCUT2D eigenvalue weighted by Crippen LogP contribution is 2.58. The third kappa shape index (κ3) is 3.66. The Hall–Kier alpha value is -1.63. The van der Waals surface area contributed by atoms with Crippen LogP contribution in [-0.2, 0) is 19.1 Å². The van der Waals surface area contributed by atoms with Crippen molar-refractivity contribution < 1.29 is 24.2 Å². The number of aliphatic carboxylic acids is 1. The summed E-state index contributed by atoms with van der Waals surface area (Å²) in [5.41, 5.74) is -0.553. The van der Waals surface area contributed by atoms with E-state index in [0.29, 0.717) is 13.2 Å². The molecule has 0 aromatic carbocycles. The van der Waals surface area contributed by atoms with Gasteiger partial charge in [0.05, 0.1) is 25.0 Å². The maximum atomic E-state index is 11.8. The molecule has 2 atom stereocenters. The predicted molar refractivity (Wildman–Crippen MR) is 66.3 cm³/mol. The van der Waals surface area contributed by atoms with Crippen LogP contribution in [0.3, 0.4) is 0 Å². The first-order chi connectivity index (χ1) is 8.82. The zero-order valence-corrected chi connectivity index (χ0v) is 11.4. The minimum Gasteiger partial charge on any atom is -0.481 e. The van der Waals surface area contributed by atoms with E-state index in [-0.39, 0.29) is 18.4 Å². The second-order valence-electron chi connectivity index (χ2n) is 5.18. The lowest BCUT2D eigenvalue weighted by molar-refractivity contribution is -0.140. The number of carboxylic acid groups (broad SMARTS) is 1. The molecule has 0 saturated heterocycles. The molecular weight excluding hydrogens is 252 g/mol. The van der Waals surface area contributed by atoms with Crippen LogP contribution in [0.1, 0.15) is 13.8 Å². The molecule has 0 aromatic rings. The fourth-order valence-corrected chi connectivity index (χ4v) is 2.22. The van der Waals surface area contributed by atoms with E-state index in [2.05, 4.69) is 10.6 Å². The number of carbonyl (C=O) groups is 3. The smallest absolute Gasteiger partial charge is 0.307 e. The molecule has 0 aromatic heterocycles. The first-order valence-electron chi connectivity index (χ1n) is 6.08. The van der Waals surface area contributed by atoms with E-state index in [9.17, 15) is 14.4 Å². The number of nitrogens with one attached hydrogen (secondary N) is 2. The Morgan fingerprint density at radius 2 is 1.84 bits per heavy atom. The summed E-state index contributed by atoms with van der Waals surface area (Å²) in [6.45, 7) is 4.08. The average molecular weight is 272 g/mol. The Balaban J connectivity index is 2.33. The molecule has 1 fully saturated rings. The molecule has 108 valence electrons. The van der Waals surface area contributed by atoms with Gasteiger partial charge in [0, 0.05) is 13.7 Å². The van der Waals surface area contributed by atoms with Crippen LogP contribution >= 0.6 is 0 Å². The summed E-state index contributed by atoms with van der Waals surface area (Å²) < 4.78 is 4.77. The van der Waals surface area contributed by atoms with Crippen molar-refractivity contribution in [1.82, 2.24) is 10.6 Å². The quantitative estimate of drug-likeness (QED) is 0.527. The third-order valence-corrected chi connectivity index (χ3v) is 3.43. The fraction of sp³-hybridized carbons (Fsp3) is 0.750. The molecule has 2 unspecified atom stereocenters. The monoisotopic (exact) mass is 272 g/mol. The summed E-state index contributed by atoms with van der Waals surface area (Å²) in [6.07, 6.45) is 0. The SMILES string of the molecule is COCCNC(=O)CNC(=O)C1C(C(=O)O)C1(C)C. The van der Waals surface area contributed by atoms with Crippen LogP contribution in [-0.4, -0.2) is 49.7 Å². The van der Waals surface area contributed by atoms with Gasteiger partial charge in [0.15, 0.2) is 0 Å². The number of hydrogen-bond acceptors (Lipinski definition) is 4. The molecule has 0 bridgehead atoms. The third-order valence-electron chi connectivity index (χ3n) is 3.43. The summed E-state index contributed by atoms with van der Waals surface area (Å²) in [5, 5.41) is 14.0. The first-order valence-corrected chi connectivity index (χ1v) is 6.08. The van der Waals surface area contributed by atoms with Crippen LogP contribution in [0.5, 0.6) is 0 Å². The number of amides is 2. The van der Waals surface area contributed by atoms with Crippen molar-refractivity contribution in [2.75, 3.05) is 26.8 Å². The molecule has 1 rings (SSSR count). The van der Waals surface area contributed by atoms with Gasteiger partial charge in [-0.2, -0.15) is 0 Å². The van der Waals surface area contributed by atoms with Gasteiger partial charge in [0.25, 0.3) is 0 Å². The number of rotatable bonds is 7. The van der Waals surface area contributed by atoms with Crippen molar-refractivity contribution in [3.05, 3.63) is 0 Å². The first kappa shape index (κ1) is 15.4. The highest BCUT2D eigenvalue weighted by atomic mass is 16.5. The van der Waals surface area contributed by atoms with Gasteiger partial charge in [0.1, 0.15) is 0 Å². The Labute approximate surface area is 111 Å². The number of methoxy groups -OCH3 is 1. The Morgan fingerprint density at radius 3 is 2.32 bits per heavy atom. The highest BCUT2D eigenvalue weighted by molar-refractivity contribution is 5.93. The normalized spacial score (nSPS) is 23.5. The summed E-state index contributed by atoms with van der Waals surface area (Å²) in [6, 6.07) is 0. The molecule has 2 amide bonds. The summed E-state index contributed by atoms with van der Waals surface area (Å²) in [7, 11) is 1.52. The minimum atomic E-state index is -0.977. The second-order valence-corrected chi connectivity index (χ2v) is 5.18. The molecule has 1 aliphatic carbocycles. The van der Waals surface area contributed by atoms with Crippen LogP contribution in [0.25, 0.3) is 0 Å². The van der Waals surface area contributed by atoms with Gasteiger partial charge in [-0.3, -0.25) is 14.4 Å². The number of carbonyl (C=O) groups excluding carboxylic acids is 2. The predicted octanol–water partition coefficient (Wildman–Crippen LogP) is -0.778. The van der Waals surface area contributed by atoms with Gasteiger partial charge >= 0.3 is 5.97 Å². The minimum absolute atomic E-state index is 0.151. The van der Waals surface area contributed by atoms with E-state index < -0.39 is 23.2 Å². The maximum Gasteiger partial charge on any atom is 0.307 e. The van der Waals surface area contributed by atoms with Crippen LogP contribution in [0.15, 0.2) is 0 Å². The van der Waals surface area contributed by atoms with E-state index in [1.165, 1.54) is 7.11 Å². The number of hydrogen-bond donors (Lipinski definition) is 3. The molecule has 0 aliphatic heterocycles. The van der Waals surface area contributed by atoms with Crippen LogP contribution in [0.2, 0.25) is 0 Å². The van der Waals surface area contributed by atoms with Crippen molar-refractivity contribution in [1.29, 1.82) is 0 Å². The van der Waals surface area contributed by atoms with Crippen molar-refractivity contribution in [3.8, 4) is 0 Å². The largest absolute Gasteiger partial charge is 0.481 e. The molecule has 0 spiro atoms. The van der Waals surface area contributed by atoms with E-state index in [1.807, 2.05) is 0 Å². The fourth-order valence-electron chi connectivity index (χ4n) is 2.22. The molecule has 7 heteroatoms. The summed E-state index contributed by atoms with van der Waals surface area (Å²) in [5.74, 6) is -2.94. The summed E-state index contributed by atoms with van der Waals surface area (Å²) in [4.78, 5) is 34.1. The average Bonchev–Trinajstić information content (AvgIpc) is 2.90. The lowest BCUT2D eigenvalue weighted by Crippen LogP contribution is -2.39.